The van der Waals surface area contributed by atoms with Gasteiger partial charge in [0.2, 0.25) is 0 Å². The molecule has 1 aliphatic heterocycles. The van der Waals surface area contributed by atoms with Crippen LogP contribution in [0.1, 0.15) is 51.0 Å². The Bertz CT molecular complexity index is 1060. The number of hydrogen-bond donors (Lipinski definition) is 1. The zero-order valence-corrected chi connectivity index (χ0v) is 17.3. The quantitative estimate of drug-likeness (QED) is 0.716. The van der Waals surface area contributed by atoms with Crippen LogP contribution >= 0.6 is 11.3 Å². The third-order valence-corrected chi connectivity index (χ3v) is 6.33. The molecule has 29 heavy (non-hydrogen) atoms. The molecule has 150 valence electrons. The van der Waals surface area contributed by atoms with Crippen molar-refractivity contribution in [3.05, 3.63) is 52.8 Å². The molecule has 4 heterocycles. The van der Waals surface area contributed by atoms with Crippen molar-refractivity contribution in [3.8, 4) is 0 Å². The van der Waals surface area contributed by atoms with E-state index in [1.807, 2.05) is 17.0 Å². The molecule has 0 aliphatic carbocycles. The van der Waals surface area contributed by atoms with Crippen molar-refractivity contribution in [2.24, 2.45) is 0 Å². The van der Waals surface area contributed by atoms with Crippen molar-refractivity contribution in [2.75, 3.05) is 26.4 Å². The number of nitrogen functional groups attached to an aromatic ring is 1. The van der Waals surface area contributed by atoms with Gasteiger partial charge < -0.3 is 15.5 Å². The molecule has 3 aromatic rings. The van der Waals surface area contributed by atoms with Crippen molar-refractivity contribution in [2.45, 2.75) is 25.3 Å². The third-order valence-electron chi connectivity index (χ3n) is 5.23. The minimum atomic E-state index is -0.127. The van der Waals surface area contributed by atoms with E-state index in [0.29, 0.717) is 22.7 Å². The summed E-state index contributed by atoms with van der Waals surface area (Å²) in [6.07, 6.45) is 6.13. The summed E-state index contributed by atoms with van der Waals surface area (Å²) < 4.78 is 0. The van der Waals surface area contributed by atoms with E-state index in [9.17, 15) is 9.59 Å². The van der Waals surface area contributed by atoms with E-state index in [1.165, 1.54) is 16.2 Å². The van der Waals surface area contributed by atoms with Gasteiger partial charge in [-0.15, -0.1) is 11.3 Å². The fourth-order valence-corrected chi connectivity index (χ4v) is 4.82. The maximum absolute atomic E-state index is 13.1. The van der Waals surface area contributed by atoms with Crippen molar-refractivity contribution < 1.29 is 9.59 Å². The van der Waals surface area contributed by atoms with Crippen LogP contribution in [0.5, 0.6) is 0 Å². The van der Waals surface area contributed by atoms with Gasteiger partial charge in [-0.3, -0.25) is 14.6 Å². The Balaban J connectivity index is 1.70. The predicted molar refractivity (Wildman–Crippen MR) is 114 cm³/mol. The number of anilines is 1. The molecule has 0 spiro atoms. The second-order valence-electron chi connectivity index (χ2n) is 7.39. The van der Waals surface area contributed by atoms with Crippen LogP contribution in [-0.2, 0) is 0 Å². The van der Waals surface area contributed by atoms with Crippen LogP contribution in [0.4, 0.5) is 5.69 Å². The maximum atomic E-state index is 13.1. The van der Waals surface area contributed by atoms with Crippen molar-refractivity contribution in [1.29, 1.82) is 0 Å². The summed E-state index contributed by atoms with van der Waals surface area (Å²) in [6, 6.07) is 7.30. The van der Waals surface area contributed by atoms with Gasteiger partial charge in [0, 0.05) is 38.4 Å². The largest absolute Gasteiger partial charge is 0.397 e. The highest BCUT2D eigenvalue weighted by Crippen LogP contribution is 2.37. The molecule has 3 aromatic heterocycles. The number of carbonyl (C=O) groups is 2. The first kappa shape index (κ1) is 19.3. The molecule has 0 saturated carbocycles. The van der Waals surface area contributed by atoms with E-state index in [2.05, 4.69) is 4.98 Å². The van der Waals surface area contributed by atoms with Gasteiger partial charge in [0.1, 0.15) is 9.71 Å². The van der Waals surface area contributed by atoms with Gasteiger partial charge in [-0.1, -0.05) is 0 Å². The number of nitrogens with zero attached hydrogens (tertiary/aromatic N) is 4. The Morgan fingerprint density at radius 1 is 1.24 bits per heavy atom. The molecule has 2 N–H and O–H groups in total. The number of pyridine rings is 2. The van der Waals surface area contributed by atoms with E-state index < -0.39 is 0 Å². The lowest BCUT2D eigenvalue weighted by Gasteiger charge is -2.35. The van der Waals surface area contributed by atoms with Crippen LogP contribution in [0, 0.1) is 0 Å². The summed E-state index contributed by atoms with van der Waals surface area (Å²) >= 11 is 1.30. The van der Waals surface area contributed by atoms with E-state index in [-0.39, 0.29) is 17.9 Å². The highest BCUT2D eigenvalue weighted by molar-refractivity contribution is 7.21. The first-order chi connectivity index (χ1) is 14.0. The second-order valence-corrected chi connectivity index (χ2v) is 8.38. The van der Waals surface area contributed by atoms with Crippen molar-refractivity contribution in [3.63, 3.8) is 0 Å². The molecule has 0 aromatic carbocycles. The van der Waals surface area contributed by atoms with Crippen LogP contribution in [0.15, 0.2) is 36.7 Å². The first-order valence-corrected chi connectivity index (χ1v) is 10.4. The number of aromatic nitrogens is 2. The number of amides is 2. The number of piperidine rings is 1. The van der Waals surface area contributed by atoms with Gasteiger partial charge in [-0.05, 0) is 43.5 Å². The van der Waals surface area contributed by atoms with Crippen LogP contribution in [0.2, 0.25) is 0 Å². The van der Waals surface area contributed by atoms with Gasteiger partial charge in [0.05, 0.1) is 23.0 Å². The number of likely N-dealkylation sites (tertiary alicyclic amines) is 1. The van der Waals surface area contributed by atoms with Crippen LogP contribution in [0.3, 0.4) is 0 Å². The molecular formula is C21H23N5O2S. The number of nitrogens with two attached hydrogens (primary N) is 1. The van der Waals surface area contributed by atoms with Gasteiger partial charge in [-0.25, -0.2) is 4.98 Å². The Kier molecular flexibility index (Phi) is 5.19. The van der Waals surface area contributed by atoms with Gasteiger partial charge >= 0.3 is 0 Å². The molecule has 0 bridgehead atoms. The van der Waals surface area contributed by atoms with Gasteiger partial charge in [0.15, 0.2) is 0 Å². The molecule has 1 aliphatic rings. The first-order valence-electron chi connectivity index (χ1n) is 9.59. The number of rotatable bonds is 3. The normalized spacial score (nSPS) is 16.8. The summed E-state index contributed by atoms with van der Waals surface area (Å²) in [5.74, 6) is -0.156. The standard InChI is InChI=1S/C21H23N5O2S/c1-25(2)21(28)18-17(22)14-8-9-15(24-19(14)29-18)16-7-3-4-11-26(16)20(27)13-6-5-10-23-12-13/h5-6,8-10,12,16H,3-4,7,11,22H2,1-2H3/t16-/m1/s1. The average Bonchev–Trinajstić information content (AvgIpc) is 3.09. The number of carbonyl (C=O) groups excluding carboxylic acids is 2. The summed E-state index contributed by atoms with van der Waals surface area (Å²) in [5, 5.41) is 0.782. The molecule has 1 atom stereocenters. The number of fused-ring (bicyclic) bond motifs is 1. The molecule has 2 amide bonds. The molecule has 0 radical (unpaired) electrons. The lowest BCUT2D eigenvalue weighted by Crippen LogP contribution is -2.38. The van der Waals surface area contributed by atoms with Crippen LogP contribution in [0.25, 0.3) is 10.2 Å². The predicted octanol–water partition coefficient (Wildman–Crippen LogP) is 3.34. The molecule has 1 fully saturated rings. The smallest absolute Gasteiger partial charge is 0.265 e. The zero-order chi connectivity index (χ0) is 20.5. The lowest BCUT2D eigenvalue weighted by molar-refractivity contribution is 0.0606. The zero-order valence-electron chi connectivity index (χ0n) is 16.5. The average molecular weight is 410 g/mol. The van der Waals surface area contributed by atoms with Gasteiger partial charge in [-0.2, -0.15) is 0 Å². The fourth-order valence-electron chi connectivity index (χ4n) is 3.70. The molecule has 0 unspecified atom stereocenters. The third kappa shape index (κ3) is 3.55. The minimum absolute atomic E-state index is 0.0288. The second kappa shape index (κ2) is 7.79. The van der Waals surface area contributed by atoms with E-state index >= 15 is 0 Å². The Hall–Kier alpha value is -3.00. The monoisotopic (exact) mass is 409 g/mol. The minimum Gasteiger partial charge on any atom is -0.397 e. The molecular weight excluding hydrogens is 386 g/mol. The Labute approximate surface area is 173 Å². The highest BCUT2D eigenvalue weighted by atomic mass is 32.1. The highest BCUT2D eigenvalue weighted by Gasteiger charge is 2.30. The Morgan fingerprint density at radius 2 is 2.07 bits per heavy atom. The number of thiophene rings is 1. The van der Waals surface area contributed by atoms with Gasteiger partial charge in [0.25, 0.3) is 11.8 Å². The van der Waals surface area contributed by atoms with E-state index in [1.54, 1.807) is 38.6 Å². The molecule has 1 saturated heterocycles. The summed E-state index contributed by atoms with van der Waals surface area (Å²) in [5.41, 5.74) is 8.09. The summed E-state index contributed by atoms with van der Waals surface area (Å²) in [7, 11) is 3.41. The summed E-state index contributed by atoms with van der Waals surface area (Å²) in [4.78, 5) is 39.0. The number of hydrogen-bond acceptors (Lipinski definition) is 6. The van der Waals surface area contributed by atoms with Crippen molar-refractivity contribution in [1.82, 2.24) is 19.8 Å². The lowest BCUT2D eigenvalue weighted by atomic mass is 9.97. The van der Waals surface area contributed by atoms with Crippen molar-refractivity contribution >= 4 is 39.1 Å². The molecule has 7 nitrogen and oxygen atoms in total. The van der Waals surface area contributed by atoms with E-state index in [4.69, 9.17) is 10.7 Å². The SMILES string of the molecule is CN(C)C(=O)c1sc2nc([C@H]3CCCCN3C(=O)c3cccnc3)ccc2c1N. The molecule has 8 heteroatoms. The summed E-state index contributed by atoms with van der Waals surface area (Å²) in [6.45, 7) is 0.690. The van der Waals surface area contributed by atoms with Crippen LogP contribution < -0.4 is 5.73 Å². The maximum Gasteiger partial charge on any atom is 0.265 e. The Morgan fingerprint density at radius 3 is 2.79 bits per heavy atom. The topological polar surface area (TPSA) is 92.4 Å². The fraction of sp³-hybridized carbons (Fsp3) is 0.333. The van der Waals surface area contributed by atoms with E-state index in [0.717, 1.165) is 35.2 Å². The van der Waals surface area contributed by atoms with Crippen LogP contribution in [-0.4, -0.2) is 52.2 Å². The molecule has 4 rings (SSSR count).